The van der Waals surface area contributed by atoms with E-state index in [4.69, 9.17) is 33.4 Å². The van der Waals surface area contributed by atoms with Gasteiger partial charge in [0.2, 0.25) is 23.6 Å². The topological polar surface area (TPSA) is 233 Å². The first kappa shape index (κ1) is 58.9. The van der Waals surface area contributed by atoms with Crippen molar-refractivity contribution in [1.29, 1.82) is 0 Å². The number of benzene rings is 2. The van der Waals surface area contributed by atoms with Crippen molar-refractivity contribution >= 4 is 72.9 Å². The number of nitrogens with one attached hydrogen (secondary N) is 5. The fourth-order valence-corrected chi connectivity index (χ4v) is 11.8. The van der Waals surface area contributed by atoms with E-state index in [1.807, 2.05) is 75.7 Å². The summed E-state index contributed by atoms with van der Waals surface area (Å²) in [5, 5.41) is 28.1. The molecule has 4 amide bonds. The van der Waals surface area contributed by atoms with Crippen LogP contribution in [0.5, 0.6) is 0 Å². The Labute approximate surface area is 457 Å². The third kappa shape index (κ3) is 17.9. The number of para-hydroxylation sites is 1. The summed E-state index contributed by atoms with van der Waals surface area (Å²) in [6, 6.07) is 14.2. The van der Waals surface area contributed by atoms with Gasteiger partial charge in [0.15, 0.2) is 0 Å². The molecule has 0 unspecified atom stereocenters. The number of carbonyl (C=O) groups is 4. The van der Waals surface area contributed by atoms with Crippen LogP contribution < -0.4 is 26.6 Å². The van der Waals surface area contributed by atoms with Crippen LogP contribution in [0.25, 0.3) is 31.2 Å². The molecule has 6 N–H and O–H groups in total. The van der Waals surface area contributed by atoms with Crippen LogP contribution >= 0.6 is 34.0 Å². The minimum absolute atomic E-state index is 0.00328. The second kappa shape index (κ2) is 30.4. The second-order valence-electron chi connectivity index (χ2n) is 19.5. The van der Waals surface area contributed by atoms with E-state index in [0.717, 1.165) is 67.0 Å². The number of aromatic nitrogens is 2. The number of anilines is 1. The average molecular weight is 1110 g/mol. The minimum atomic E-state index is -0.926. The van der Waals surface area contributed by atoms with Crippen molar-refractivity contribution in [2.45, 2.75) is 84.7 Å². The zero-order chi connectivity index (χ0) is 53.7. The van der Waals surface area contributed by atoms with Gasteiger partial charge in [0.05, 0.1) is 112 Å². The number of amides is 4. The molecule has 0 bridgehead atoms. The van der Waals surface area contributed by atoms with Crippen LogP contribution in [0.15, 0.2) is 54.0 Å². The van der Waals surface area contributed by atoms with Gasteiger partial charge in [-0.3, -0.25) is 19.2 Å². The number of rotatable bonds is 32. The Morgan fingerprint density at radius 3 is 2.12 bits per heavy atom. The molecule has 2 aliphatic rings. The van der Waals surface area contributed by atoms with E-state index in [2.05, 4.69) is 37.6 Å². The summed E-state index contributed by atoms with van der Waals surface area (Å²) in [7, 11) is 0. The lowest BCUT2D eigenvalue weighted by Gasteiger charge is -2.35. The van der Waals surface area contributed by atoms with Crippen LogP contribution in [0.3, 0.4) is 0 Å². The molecule has 19 nitrogen and oxygen atoms in total. The van der Waals surface area contributed by atoms with E-state index in [0.29, 0.717) is 85.6 Å². The van der Waals surface area contributed by atoms with Gasteiger partial charge in [-0.15, -0.1) is 34.0 Å². The standard InChI is InChI=1S/C54H74N8O11S3/c1-36-48(74-35-58-36)38-11-9-37(10-12-38)32-57-50(66)42-31-39(63)34-62(42)53(67)49(54(2,3)4)60-46(65)15-19-68-21-23-70-25-27-72-29-30-73-28-26-71-24-22-69-20-18-55-17-14-45(64)61-52-47(40-13-16-56-33-44(40)76-52)51-59-41-7-5-6-8-43(41)75-51/h5-12,35,39,42,49,55-56,63H,13-34H2,1-4H3,(H,57,66)(H,60,65)(H,61,64)/t39-,42+,49-/m1/s1. The van der Waals surface area contributed by atoms with E-state index >= 15 is 0 Å². The summed E-state index contributed by atoms with van der Waals surface area (Å²) >= 11 is 4.89. The molecule has 1 saturated heterocycles. The van der Waals surface area contributed by atoms with Crippen LogP contribution in [-0.2, 0) is 67.1 Å². The molecule has 1 fully saturated rings. The molecule has 22 heteroatoms. The average Bonchev–Trinajstić information content (AvgIpc) is 4.22. The molecule has 7 rings (SSSR count). The van der Waals surface area contributed by atoms with Crippen LogP contribution in [0.2, 0.25) is 0 Å². The molecule has 5 aromatic rings. The Hall–Kier alpha value is -4.82. The van der Waals surface area contributed by atoms with E-state index in [1.54, 1.807) is 34.0 Å². The van der Waals surface area contributed by atoms with Crippen molar-refractivity contribution in [3.8, 4) is 21.0 Å². The summed E-state index contributed by atoms with van der Waals surface area (Å²) in [4.78, 5) is 66.3. The highest BCUT2D eigenvalue weighted by atomic mass is 32.1. The number of ether oxygens (including phenoxy) is 6. The maximum absolute atomic E-state index is 13.9. The molecule has 0 saturated carbocycles. The van der Waals surface area contributed by atoms with Crippen molar-refractivity contribution in [2.24, 2.45) is 5.41 Å². The highest BCUT2D eigenvalue weighted by Gasteiger charge is 2.44. The van der Waals surface area contributed by atoms with Crippen LogP contribution in [0.1, 0.15) is 61.7 Å². The van der Waals surface area contributed by atoms with Gasteiger partial charge in [-0.1, -0.05) is 57.2 Å². The lowest BCUT2D eigenvalue weighted by atomic mass is 9.85. The van der Waals surface area contributed by atoms with Gasteiger partial charge in [-0.25, -0.2) is 9.97 Å². The molecule has 0 spiro atoms. The van der Waals surface area contributed by atoms with Gasteiger partial charge >= 0.3 is 0 Å². The number of aliphatic hydroxyl groups excluding tert-OH is 1. The van der Waals surface area contributed by atoms with Crippen molar-refractivity contribution in [3.63, 3.8) is 0 Å². The number of aryl methyl sites for hydroxylation is 1. The molecule has 414 valence electrons. The molecule has 76 heavy (non-hydrogen) atoms. The second-order valence-corrected chi connectivity index (χ2v) is 22.5. The fraction of sp³-hybridized carbons (Fsp3) is 0.556. The quantitative estimate of drug-likeness (QED) is 0.0299. The third-order valence-electron chi connectivity index (χ3n) is 12.7. The Morgan fingerprint density at radius 1 is 0.816 bits per heavy atom. The van der Waals surface area contributed by atoms with E-state index in [1.165, 1.54) is 15.3 Å². The number of nitrogens with zero attached hydrogens (tertiary/aromatic N) is 3. The minimum Gasteiger partial charge on any atom is -0.391 e. The molecule has 2 aliphatic heterocycles. The summed E-state index contributed by atoms with van der Waals surface area (Å²) in [6.07, 6.45) is 0.545. The van der Waals surface area contributed by atoms with Gasteiger partial charge in [0.1, 0.15) is 22.1 Å². The number of carbonyl (C=O) groups excluding carboxylic acids is 4. The van der Waals surface area contributed by atoms with Crippen molar-refractivity contribution in [2.75, 3.05) is 111 Å². The number of β-amino-alcohol motifs (C(OH)–C–C–N with tert-alkyl or cyclic N) is 1. The first-order valence-corrected chi connectivity index (χ1v) is 28.6. The first-order chi connectivity index (χ1) is 36.9. The van der Waals surface area contributed by atoms with Gasteiger partial charge in [-0.05, 0) is 54.1 Å². The number of fused-ring (bicyclic) bond motifs is 2. The predicted octanol–water partition coefficient (Wildman–Crippen LogP) is 5.32. The lowest BCUT2D eigenvalue weighted by molar-refractivity contribution is -0.144. The highest BCUT2D eigenvalue weighted by molar-refractivity contribution is 7.23. The Morgan fingerprint density at radius 2 is 1.47 bits per heavy atom. The van der Waals surface area contributed by atoms with Gasteiger partial charge in [0, 0.05) is 62.4 Å². The maximum Gasteiger partial charge on any atom is 0.246 e. The molecule has 3 aromatic heterocycles. The van der Waals surface area contributed by atoms with Gasteiger partial charge in [-0.2, -0.15) is 0 Å². The van der Waals surface area contributed by atoms with Crippen molar-refractivity contribution in [1.82, 2.24) is 36.1 Å². The molecular formula is C54H74N8O11S3. The van der Waals surface area contributed by atoms with E-state index < -0.39 is 29.5 Å². The van der Waals surface area contributed by atoms with Crippen LogP contribution in [0, 0.1) is 12.3 Å². The first-order valence-electron chi connectivity index (χ1n) is 26.1. The van der Waals surface area contributed by atoms with E-state index in [-0.39, 0.29) is 56.9 Å². The summed E-state index contributed by atoms with van der Waals surface area (Å²) in [6.45, 7) is 15.3. The molecule has 2 aromatic carbocycles. The SMILES string of the molecule is Cc1ncsc1-c1ccc(CNC(=O)[C@@H]2C[C@@H](O)CN2C(=O)[C@@H](NC(=O)CCOCCOCCOCCOCCOCCOCCNCCC(=O)Nc2sc3c(c2-c2nc4ccccc4s2)CCNC3)C(C)(C)C)cc1. The van der Waals surface area contributed by atoms with Crippen molar-refractivity contribution < 1.29 is 52.7 Å². The number of hydrogen-bond acceptors (Lipinski definition) is 18. The molecule has 0 radical (unpaired) electrons. The molecule has 0 aliphatic carbocycles. The number of thiophene rings is 1. The summed E-state index contributed by atoms with van der Waals surface area (Å²) in [5.74, 6) is -1.17. The molecular weight excluding hydrogens is 1030 g/mol. The Kier molecular flexibility index (Phi) is 23.5. The number of aliphatic hydroxyl groups is 1. The largest absolute Gasteiger partial charge is 0.391 e. The van der Waals surface area contributed by atoms with Crippen molar-refractivity contribution in [3.05, 3.63) is 75.7 Å². The number of thiazole rings is 2. The smallest absolute Gasteiger partial charge is 0.246 e. The number of likely N-dealkylation sites (tertiary alicyclic amines) is 1. The van der Waals surface area contributed by atoms with E-state index in [9.17, 15) is 24.3 Å². The van der Waals surface area contributed by atoms with Gasteiger partial charge < -0.3 is 65.0 Å². The van der Waals surface area contributed by atoms with Crippen LogP contribution in [-0.4, -0.2) is 167 Å². The normalized spacial score (nSPS) is 16.0. The Bertz CT molecular complexity index is 2590. The summed E-state index contributed by atoms with van der Waals surface area (Å²) in [5.41, 5.74) is 7.40. The highest BCUT2D eigenvalue weighted by Crippen LogP contribution is 2.45. The summed E-state index contributed by atoms with van der Waals surface area (Å²) < 4.78 is 34.7. The third-order valence-corrected chi connectivity index (χ3v) is 15.9. The predicted molar refractivity (Wildman–Crippen MR) is 296 cm³/mol. The molecule has 5 heterocycles. The van der Waals surface area contributed by atoms with Gasteiger partial charge in [0.25, 0.3) is 0 Å². The molecule has 3 atom stereocenters. The zero-order valence-electron chi connectivity index (χ0n) is 44.1. The monoisotopic (exact) mass is 1110 g/mol. The zero-order valence-corrected chi connectivity index (χ0v) is 46.5. The van der Waals surface area contributed by atoms with Crippen LogP contribution in [0.4, 0.5) is 5.00 Å². The maximum atomic E-state index is 13.9. The number of hydrogen-bond donors (Lipinski definition) is 6. The Balaban J connectivity index is 0.643. The lowest BCUT2D eigenvalue weighted by Crippen LogP contribution is -2.57. The fourth-order valence-electron chi connectivity index (χ4n) is 8.67.